The zero-order chi connectivity index (χ0) is 20.8. The van der Waals surface area contributed by atoms with Crippen LogP contribution in [-0.4, -0.2) is 39.4 Å². The predicted octanol–water partition coefficient (Wildman–Crippen LogP) is 5.30. The van der Waals surface area contributed by atoms with Gasteiger partial charge < -0.3 is 23.7 Å². The Balaban J connectivity index is 2.10. The number of benzene rings is 2. The lowest BCUT2D eigenvalue weighted by Crippen LogP contribution is -2.00. The van der Waals surface area contributed by atoms with Gasteiger partial charge in [-0.05, 0) is 53.8 Å². The summed E-state index contributed by atoms with van der Waals surface area (Å²) < 4.78 is 32.4. The number of aromatic nitrogens is 1. The molecule has 0 fully saturated rings. The Morgan fingerprint density at radius 2 is 1.52 bits per heavy atom. The number of methoxy groups -OCH3 is 4. The molecule has 0 atom stereocenters. The minimum absolute atomic E-state index is 0.477. The standard InChI is InChI=1S/C22H25NO5S/c1-6-11-28-15-9-7-14(8-10-15)22-17(13-23-29-22)16-12-18(24-2)20(26-4)21(27-5)19(16)25-3/h7-10,12-13H,6,11H2,1-5H3. The molecule has 0 saturated heterocycles. The minimum Gasteiger partial charge on any atom is -0.494 e. The van der Waals surface area contributed by atoms with Crippen LogP contribution in [0.15, 0.2) is 36.5 Å². The first-order valence-electron chi connectivity index (χ1n) is 9.23. The van der Waals surface area contributed by atoms with Gasteiger partial charge in [-0.2, -0.15) is 4.37 Å². The van der Waals surface area contributed by atoms with Crippen molar-refractivity contribution < 1.29 is 23.7 Å². The van der Waals surface area contributed by atoms with E-state index in [1.165, 1.54) is 11.5 Å². The molecule has 2 aromatic carbocycles. The molecule has 154 valence electrons. The van der Waals surface area contributed by atoms with Gasteiger partial charge in [-0.25, -0.2) is 0 Å². The second-order valence-electron chi connectivity index (χ2n) is 6.17. The van der Waals surface area contributed by atoms with E-state index >= 15 is 0 Å². The fourth-order valence-electron chi connectivity index (χ4n) is 3.09. The summed E-state index contributed by atoms with van der Waals surface area (Å²) in [4.78, 5) is 1.01. The maximum absolute atomic E-state index is 5.69. The highest BCUT2D eigenvalue weighted by molar-refractivity contribution is 7.10. The van der Waals surface area contributed by atoms with Crippen molar-refractivity contribution in [2.45, 2.75) is 13.3 Å². The number of nitrogens with zero attached hydrogens (tertiary/aromatic N) is 1. The topological polar surface area (TPSA) is 59.0 Å². The maximum Gasteiger partial charge on any atom is 0.207 e. The molecule has 0 spiro atoms. The first-order valence-corrected chi connectivity index (χ1v) is 10.0. The monoisotopic (exact) mass is 415 g/mol. The lowest BCUT2D eigenvalue weighted by atomic mass is 10.0. The average molecular weight is 416 g/mol. The summed E-state index contributed by atoms with van der Waals surface area (Å²) in [5.41, 5.74) is 2.78. The quantitative estimate of drug-likeness (QED) is 0.473. The van der Waals surface area contributed by atoms with Crippen molar-refractivity contribution in [3.8, 4) is 50.3 Å². The molecule has 6 nitrogen and oxygen atoms in total. The summed E-state index contributed by atoms with van der Waals surface area (Å²) in [6.45, 7) is 2.79. The Labute approximate surface area is 175 Å². The van der Waals surface area contributed by atoms with E-state index in [0.29, 0.717) is 29.6 Å². The molecule has 0 aliphatic rings. The molecule has 0 radical (unpaired) electrons. The molecule has 0 saturated carbocycles. The summed E-state index contributed by atoms with van der Waals surface area (Å²) in [6.07, 6.45) is 2.80. The molecule has 0 aliphatic carbocycles. The molecule has 0 amide bonds. The highest BCUT2D eigenvalue weighted by atomic mass is 32.1. The van der Waals surface area contributed by atoms with Gasteiger partial charge >= 0.3 is 0 Å². The van der Waals surface area contributed by atoms with E-state index in [9.17, 15) is 0 Å². The lowest BCUT2D eigenvalue weighted by Gasteiger charge is -2.18. The van der Waals surface area contributed by atoms with Gasteiger partial charge in [-0.3, -0.25) is 0 Å². The van der Waals surface area contributed by atoms with E-state index in [0.717, 1.165) is 33.7 Å². The van der Waals surface area contributed by atoms with Crippen LogP contribution in [0, 0.1) is 0 Å². The summed E-state index contributed by atoms with van der Waals surface area (Å²) in [6, 6.07) is 9.90. The number of hydrogen-bond acceptors (Lipinski definition) is 7. The first kappa shape index (κ1) is 20.8. The van der Waals surface area contributed by atoms with Gasteiger partial charge in [0.15, 0.2) is 11.5 Å². The van der Waals surface area contributed by atoms with E-state index in [1.807, 2.05) is 36.5 Å². The summed E-state index contributed by atoms with van der Waals surface area (Å²) >= 11 is 1.42. The molecule has 0 aliphatic heterocycles. The fourth-order valence-corrected chi connectivity index (χ4v) is 3.86. The number of ether oxygens (including phenoxy) is 5. The van der Waals surface area contributed by atoms with Crippen LogP contribution in [0.25, 0.3) is 21.6 Å². The smallest absolute Gasteiger partial charge is 0.207 e. The molecule has 1 heterocycles. The van der Waals surface area contributed by atoms with Crippen molar-refractivity contribution in [1.82, 2.24) is 4.37 Å². The molecule has 3 aromatic rings. The Morgan fingerprint density at radius 1 is 0.828 bits per heavy atom. The minimum atomic E-state index is 0.477. The zero-order valence-electron chi connectivity index (χ0n) is 17.3. The van der Waals surface area contributed by atoms with Crippen molar-refractivity contribution >= 4 is 11.5 Å². The molecule has 7 heteroatoms. The highest BCUT2D eigenvalue weighted by Crippen LogP contribution is 2.51. The number of rotatable bonds is 9. The van der Waals surface area contributed by atoms with Crippen LogP contribution < -0.4 is 23.7 Å². The van der Waals surface area contributed by atoms with Gasteiger partial charge in [-0.1, -0.05) is 6.92 Å². The summed E-state index contributed by atoms with van der Waals surface area (Å²) in [5, 5.41) is 0. The van der Waals surface area contributed by atoms with E-state index in [1.54, 1.807) is 28.4 Å². The Hall–Kier alpha value is -2.93. The van der Waals surface area contributed by atoms with Crippen molar-refractivity contribution in [2.24, 2.45) is 0 Å². The second-order valence-corrected chi connectivity index (χ2v) is 6.97. The van der Waals surface area contributed by atoms with Crippen molar-refractivity contribution in [1.29, 1.82) is 0 Å². The number of hydrogen-bond donors (Lipinski definition) is 0. The predicted molar refractivity (Wildman–Crippen MR) is 115 cm³/mol. The van der Waals surface area contributed by atoms with Gasteiger partial charge in [0.05, 0.1) is 39.9 Å². The van der Waals surface area contributed by atoms with Crippen molar-refractivity contribution in [3.63, 3.8) is 0 Å². The summed E-state index contributed by atoms with van der Waals surface area (Å²) in [7, 11) is 6.34. The first-order chi connectivity index (χ1) is 14.2. The largest absolute Gasteiger partial charge is 0.494 e. The molecule has 3 rings (SSSR count). The third-order valence-electron chi connectivity index (χ3n) is 4.44. The fraction of sp³-hybridized carbons (Fsp3) is 0.318. The van der Waals surface area contributed by atoms with Crippen LogP contribution >= 0.6 is 11.5 Å². The van der Waals surface area contributed by atoms with Crippen LogP contribution in [-0.2, 0) is 0 Å². The molecule has 1 aromatic heterocycles. The average Bonchev–Trinajstić information content (AvgIpc) is 3.25. The molecular formula is C22H25NO5S. The molecule has 0 N–H and O–H groups in total. The van der Waals surface area contributed by atoms with Gasteiger partial charge in [-0.15, -0.1) is 0 Å². The summed E-state index contributed by atoms with van der Waals surface area (Å²) in [5.74, 6) is 2.93. The van der Waals surface area contributed by atoms with Gasteiger partial charge in [0.2, 0.25) is 11.5 Å². The van der Waals surface area contributed by atoms with Crippen LogP contribution in [0.4, 0.5) is 0 Å². The van der Waals surface area contributed by atoms with Crippen LogP contribution in [0.5, 0.6) is 28.7 Å². The Bertz CT molecular complexity index is 953. The molecular weight excluding hydrogens is 390 g/mol. The normalized spacial score (nSPS) is 10.5. The van der Waals surface area contributed by atoms with E-state index in [-0.39, 0.29) is 0 Å². The maximum atomic E-state index is 5.69. The third kappa shape index (κ3) is 4.10. The van der Waals surface area contributed by atoms with Gasteiger partial charge in [0.1, 0.15) is 5.75 Å². The Kier molecular flexibility index (Phi) is 6.82. The van der Waals surface area contributed by atoms with Crippen molar-refractivity contribution in [2.75, 3.05) is 35.0 Å². The second kappa shape index (κ2) is 9.52. The highest BCUT2D eigenvalue weighted by Gasteiger charge is 2.25. The zero-order valence-corrected chi connectivity index (χ0v) is 18.1. The third-order valence-corrected chi connectivity index (χ3v) is 5.29. The van der Waals surface area contributed by atoms with Gasteiger partial charge in [0, 0.05) is 17.3 Å². The SMILES string of the molecule is CCCOc1ccc(-c2sncc2-c2cc(OC)c(OC)c(OC)c2OC)cc1. The Morgan fingerprint density at radius 3 is 2.10 bits per heavy atom. The van der Waals surface area contributed by atoms with Crippen molar-refractivity contribution in [3.05, 3.63) is 36.5 Å². The van der Waals surface area contributed by atoms with E-state index in [2.05, 4.69) is 11.3 Å². The van der Waals surface area contributed by atoms with E-state index in [4.69, 9.17) is 23.7 Å². The van der Waals surface area contributed by atoms with Crippen LogP contribution in [0.3, 0.4) is 0 Å². The molecule has 0 bridgehead atoms. The lowest BCUT2D eigenvalue weighted by molar-refractivity contribution is 0.306. The molecule has 0 unspecified atom stereocenters. The molecule has 29 heavy (non-hydrogen) atoms. The van der Waals surface area contributed by atoms with Crippen LogP contribution in [0.2, 0.25) is 0 Å². The van der Waals surface area contributed by atoms with Crippen LogP contribution in [0.1, 0.15) is 13.3 Å². The van der Waals surface area contributed by atoms with E-state index < -0.39 is 0 Å². The van der Waals surface area contributed by atoms with Gasteiger partial charge in [0.25, 0.3) is 0 Å².